The summed E-state index contributed by atoms with van der Waals surface area (Å²) >= 11 is 7.44. The fourth-order valence-corrected chi connectivity index (χ4v) is 7.22. The van der Waals surface area contributed by atoms with Crippen LogP contribution < -0.4 is 10.6 Å². The van der Waals surface area contributed by atoms with Gasteiger partial charge in [-0.15, -0.1) is 11.8 Å². The van der Waals surface area contributed by atoms with Crippen molar-refractivity contribution in [2.45, 2.75) is 43.8 Å². The summed E-state index contributed by atoms with van der Waals surface area (Å²) in [5.74, 6) is -0.920. The van der Waals surface area contributed by atoms with Crippen LogP contribution in [0.15, 0.2) is 40.5 Å². The van der Waals surface area contributed by atoms with Gasteiger partial charge in [-0.3, -0.25) is 9.36 Å². The molecule has 2 aliphatic heterocycles. The van der Waals surface area contributed by atoms with Crippen LogP contribution >= 0.6 is 23.4 Å². The summed E-state index contributed by atoms with van der Waals surface area (Å²) in [7, 11) is 0. The number of piperazine rings is 1. The molecule has 0 saturated carbocycles. The standard InChI is InChI=1S/C27H27ClF2N4O3S/c1-5-22(36)33-14(3)9-32(10-15(33)4)26-18-6-13(2)23(17-7-19(28)21(30)8-20(17)29)25-24(18)34(27(37)31-26)16(11-35)12-38-25/h5-8,14-16,35H,1,9-12H2,2-4H3/t14-,15+,16-/m0/s1. The van der Waals surface area contributed by atoms with Gasteiger partial charge in [0.05, 0.1) is 23.2 Å². The lowest BCUT2D eigenvalue weighted by Gasteiger charge is -2.45. The highest BCUT2D eigenvalue weighted by atomic mass is 35.5. The Morgan fingerprint density at radius 1 is 1.24 bits per heavy atom. The topological polar surface area (TPSA) is 78.7 Å². The maximum Gasteiger partial charge on any atom is 0.350 e. The molecule has 2 aliphatic rings. The third kappa shape index (κ3) is 4.19. The van der Waals surface area contributed by atoms with Crippen molar-refractivity contribution in [1.29, 1.82) is 0 Å². The van der Waals surface area contributed by atoms with Crippen molar-refractivity contribution < 1.29 is 18.7 Å². The highest BCUT2D eigenvalue weighted by molar-refractivity contribution is 7.99. The highest BCUT2D eigenvalue weighted by Crippen LogP contribution is 2.47. The minimum Gasteiger partial charge on any atom is -0.394 e. The fraction of sp³-hybridized carbons (Fsp3) is 0.370. The van der Waals surface area contributed by atoms with Gasteiger partial charge < -0.3 is 14.9 Å². The van der Waals surface area contributed by atoms with Crippen LogP contribution in [-0.4, -0.2) is 63.0 Å². The molecule has 11 heteroatoms. The van der Waals surface area contributed by atoms with Gasteiger partial charge in [-0.1, -0.05) is 18.2 Å². The van der Waals surface area contributed by atoms with Crippen molar-refractivity contribution >= 4 is 46.0 Å². The van der Waals surface area contributed by atoms with E-state index in [0.29, 0.717) is 51.6 Å². The number of benzene rings is 2. The monoisotopic (exact) mass is 560 g/mol. The van der Waals surface area contributed by atoms with Crippen molar-refractivity contribution in [3.05, 3.63) is 63.6 Å². The normalized spacial score (nSPS) is 21.2. The third-order valence-electron chi connectivity index (χ3n) is 7.26. The van der Waals surface area contributed by atoms with Crippen molar-refractivity contribution in [2.75, 3.05) is 30.3 Å². The lowest BCUT2D eigenvalue weighted by Crippen LogP contribution is -2.58. The van der Waals surface area contributed by atoms with Crippen LogP contribution in [0.1, 0.15) is 25.5 Å². The summed E-state index contributed by atoms with van der Waals surface area (Å²) in [6, 6.07) is 3.04. The predicted molar refractivity (Wildman–Crippen MR) is 146 cm³/mol. The molecular formula is C27H27ClF2N4O3S. The van der Waals surface area contributed by atoms with Crippen LogP contribution in [-0.2, 0) is 4.79 Å². The summed E-state index contributed by atoms with van der Waals surface area (Å²) < 4.78 is 30.5. The van der Waals surface area contributed by atoms with E-state index >= 15 is 4.39 Å². The van der Waals surface area contributed by atoms with Crippen LogP contribution in [0.4, 0.5) is 14.6 Å². The molecule has 2 aromatic carbocycles. The molecule has 1 amide bonds. The van der Waals surface area contributed by atoms with Crippen LogP contribution in [0.3, 0.4) is 0 Å². The van der Waals surface area contributed by atoms with Gasteiger partial charge in [0.1, 0.15) is 17.5 Å². The number of carbonyl (C=O) groups is 1. The first-order chi connectivity index (χ1) is 18.1. The minimum atomic E-state index is -0.853. The number of nitrogens with zero attached hydrogens (tertiary/aromatic N) is 4. The first-order valence-electron chi connectivity index (χ1n) is 12.2. The summed E-state index contributed by atoms with van der Waals surface area (Å²) in [5.41, 5.74) is 1.38. The lowest BCUT2D eigenvalue weighted by atomic mass is 9.96. The van der Waals surface area contributed by atoms with E-state index in [2.05, 4.69) is 11.6 Å². The minimum absolute atomic E-state index is 0.136. The van der Waals surface area contributed by atoms with E-state index in [9.17, 15) is 19.1 Å². The largest absolute Gasteiger partial charge is 0.394 e. The Kier molecular flexibility index (Phi) is 7.00. The number of hydrogen-bond donors (Lipinski definition) is 1. The summed E-state index contributed by atoms with van der Waals surface area (Å²) in [5, 5.41) is 10.5. The molecule has 1 saturated heterocycles. The number of rotatable bonds is 4. The average Bonchev–Trinajstić information content (AvgIpc) is 2.87. The Hall–Kier alpha value is -2.95. The Morgan fingerprint density at radius 2 is 1.92 bits per heavy atom. The molecule has 0 radical (unpaired) electrons. The van der Waals surface area contributed by atoms with E-state index in [1.165, 1.54) is 28.5 Å². The van der Waals surface area contributed by atoms with Crippen LogP contribution in [0, 0.1) is 18.6 Å². The van der Waals surface area contributed by atoms with Gasteiger partial charge in [-0.05, 0) is 44.5 Å². The van der Waals surface area contributed by atoms with Gasteiger partial charge in [-0.25, -0.2) is 13.6 Å². The second-order valence-electron chi connectivity index (χ2n) is 9.83. The second-order valence-corrected chi connectivity index (χ2v) is 11.3. The number of aliphatic hydroxyl groups excluding tert-OH is 1. The molecule has 7 nitrogen and oxygen atoms in total. The molecule has 1 fully saturated rings. The number of thioether (sulfide) groups is 1. The Morgan fingerprint density at radius 3 is 2.55 bits per heavy atom. The molecule has 3 aromatic rings. The first kappa shape index (κ1) is 26.6. The number of aryl methyl sites for hydroxylation is 1. The van der Waals surface area contributed by atoms with Gasteiger partial charge >= 0.3 is 5.69 Å². The summed E-state index contributed by atoms with van der Waals surface area (Å²) in [6.07, 6.45) is 1.30. The zero-order valence-electron chi connectivity index (χ0n) is 21.2. The maximum absolute atomic E-state index is 15.1. The highest BCUT2D eigenvalue weighted by Gasteiger charge is 2.35. The number of aliphatic hydroxyl groups is 1. The number of halogens is 3. The van der Waals surface area contributed by atoms with Gasteiger partial charge in [0.2, 0.25) is 5.91 Å². The van der Waals surface area contributed by atoms with Crippen molar-refractivity contribution in [2.24, 2.45) is 0 Å². The molecule has 0 spiro atoms. The van der Waals surface area contributed by atoms with Crippen LogP contribution in [0.25, 0.3) is 22.0 Å². The van der Waals surface area contributed by atoms with E-state index < -0.39 is 23.4 Å². The quantitative estimate of drug-likeness (QED) is 0.372. The molecule has 3 atom stereocenters. The number of amides is 1. The van der Waals surface area contributed by atoms with E-state index in [-0.39, 0.29) is 35.2 Å². The van der Waals surface area contributed by atoms with Crippen LogP contribution in [0.2, 0.25) is 5.02 Å². The number of hydrogen-bond acceptors (Lipinski definition) is 6. The smallest absolute Gasteiger partial charge is 0.350 e. The van der Waals surface area contributed by atoms with Crippen molar-refractivity contribution in [3.63, 3.8) is 0 Å². The molecule has 1 N–H and O–H groups in total. The molecule has 0 aliphatic carbocycles. The molecule has 200 valence electrons. The Labute approximate surface area is 227 Å². The summed E-state index contributed by atoms with van der Waals surface area (Å²) in [4.78, 5) is 34.7. The first-order valence-corrected chi connectivity index (χ1v) is 13.6. The molecule has 3 heterocycles. The predicted octanol–water partition coefficient (Wildman–Crippen LogP) is 4.55. The number of carbonyl (C=O) groups excluding carboxylic acids is 1. The van der Waals surface area contributed by atoms with E-state index in [1.807, 2.05) is 31.7 Å². The molecule has 38 heavy (non-hydrogen) atoms. The average molecular weight is 561 g/mol. The van der Waals surface area contributed by atoms with Gasteiger partial charge in [0, 0.05) is 58.4 Å². The molecule has 5 rings (SSSR count). The fourth-order valence-electron chi connectivity index (χ4n) is 5.68. The van der Waals surface area contributed by atoms with E-state index in [4.69, 9.17) is 11.6 Å². The molecule has 0 bridgehead atoms. The van der Waals surface area contributed by atoms with E-state index in [0.717, 1.165) is 6.07 Å². The molecule has 1 aromatic heterocycles. The number of aromatic nitrogens is 2. The third-order valence-corrected chi connectivity index (χ3v) is 8.79. The number of anilines is 1. The molecule has 0 unspecified atom stereocenters. The Balaban J connectivity index is 1.76. The van der Waals surface area contributed by atoms with Gasteiger partial charge in [-0.2, -0.15) is 4.98 Å². The lowest BCUT2D eigenvalue weighted by molar-refractivity contribution is -0.130. The summed E-state index contributed by atoms with van der Waals surface area (Å²) in [6.45, 7) is 9.93. The zero-order valence-corrected chi connectivity index (χ0v) is 22.7. The van der Waals surface area contributed by atoms with Crippen molar-refractivity contribution in [1.82, 2.24) is 14.5 Å². The zero-order chi connectivity index (χ0) is 27.5. The molecular weight excluding hydrogens is 534 g/mol. The van der Waals surface area contributed by atoms with Gasteiger partial charge in [0.15, 0.2) is 0 Å². The van der Waals surface area contributed by atoms with Crippen LogP contribution in [0.5, 0.6) is 0 Å². The van der Waals surface area contributed by atoms with E-state index in [1.54, 1.807) is 4.90 Å². The Bertz CT molecular complexity index is 1530. The van der Waals surface area contributed by atoms with Crippen molar-refractivity contribution in [3.8, 4) is 11.1 Å². The maximum atomic E-state index is 15.1. The van der Waals surface area contributed by atoms with Gasteiger partial charge in [0.25, 0.3) is 0 Å². The second kappa shape index (κ2) is 9.98. The SMILES string of the molecule is C=CC(=O)N1[C@H](C)CN(c2nc(=O)n3c4c(c(-c5cc(Cl)c(F)cc5F)c(C)cc24)SC[C@@H]3CO)C[C@@H]1C.